The van der Waals surface area contributed by atoms with Gasteiger partial charge in [0.05, 0.1) is 12.3 Å². The van der Waals surface area contributed by atoms with Crippen LogP contribution in [0.5, 0.6) is 5.75 Å². The number of aryl methyl sites for hydroxylation is 1. The van der Waals surface area contributed by atoms with E-state index in [2.05, 4.69) is 67.4 Å². The largest absolute Gasteiger partial charge is 0.494 e. The average Bonchev–Trinajstić information content (AvgIpc) is 3.02. The fourth-order valence-electron chi connectivity index (χ4n) is 5.67. The second-order valence-corrected chi connectivity index (χ2v) is 12.5. The lowest BCUT2D eigenvalue weighted by atomic mass is 10.0. The summed E-state index contributed by atoms with van der Waals surface area (Å²) in [5, 5.41) is 0. The lowest BCUT2D eigenvalue weighted by Crippen LogP contribution is -1.97. The first kappa shape index (κ1) is 36.1. The topological polar surface area (TPSA) is 21.6 Å². The van der Waals surface area contributed by atoms with Crippen LogP contribution in [0.2, 0.25) is 0 Å². The number of hydrogen-bond acceptors (Lipinski definition) is 2. The van der Waals surface area contributed by atoms with Crippen molar-refractivity contribution in [2.24, 2.45) is 4.99 Å². The summed E-state index contributed by atoms with van der Waals surface area (Å²) in [5.74, 6) is 0.958. The minimum absolute atomic E-state index is 0.814. The van der Waals surface area contributed by atoms with Crippen LogP contribution in [-0.4, -0.2) is 12.8 Å². The lowest BCUT2D eigenvalue weighted by Gasteiger charge is -2.06. The summed E-state index contributed by atoms with van der Waals surface area (Å²) in [6.45, 7) is 5.39. The molecule has 0 atom stereocenters. The molecule has 0 spiro atoms. The van der Waals surface area contributed by atoms with E-state index in [0.717, 1.165) is 30.0 Å². The molecule has 0 heterocycles. The predicted octanol–water partition coefficient (Wildman–Crippen LogP) is 13.4. The maximum Gasteiger partial charge on any atom is 0.119 e. The zero-order valence-electron chi connectivity index (χ0n) is 27.7. The molecule has 0 aliphatic heterocycles. The van der Waals surface area contributed by atoms with Crippen LogP contribution in [0.3, 0.4) is 0 Å². The van der Waals surface area contributed by atoms with Gasteiger partial charge in [-0.25, -0.2) is 0 Å². The number of unbranched alkanes of at least 4 members (excludes halogenated alkanes) is 21. The molecular weight excluding hydrogens is 510 g/mol. The Balaban J connectivity index is 1.47. The highest BCUT2D eigenvalue weighted by Crippen LogP contribution is 2.18. The average molecular weight is 576 g/mol. The molecule has 2 heteroatoms. The van der Waals surface area contributed by atoms with Gasteiger partial charge < -0.3 is 4.74 Å². The Kier molecular flexibility index (Phi) is 22.8. The molecule has 2 aromatic carbocycles. The van der Waals surface area contributed by atoms with Gasteiger partial charge in [-0.15, -0.1) is 0 Å². The van der Waals surface area contributed by atoms with E-state index < -0.39 is 0 Å². The molecule has 2 rings (SSSR count). The smallest absolute Gasteiger partial charge is 0.119 e. The number of hydrogen-bond donors (Lipinski definition) is 0. The summed E-state index contributed by atoms with van der Waals surface area (Å²) >= 11 is 0. The standard InChI is InChI=1S/C40H65NO/c1-3-5-7-9-11-13-14-15-16-17-18-20-22-24-26-37-27-31-39(32-28-37)41-36-38-29-33-40(34-30-38)42-35-25-23-21-19-12-10-8-6-4-2/h27-34,36H,3-26,35H2,1-2H3. The second-order valence-electron chi connectivity index (χ2n) is 12.5. The SMILES string of the molecule is CCCCCCCCCCCCCCCCc1ccc(N=Cc2ccc(OCCCCCCCCCCC)cc2)cc1. The first-order chi connectivity index (χ1) is 20.8. The zero-order chi connectivity index (χ0) is 29.8. The van der Waals surface area contributed by atoms with Crippen molar-refractivity contribution in [1.82, 2.24) is 0 Å². The van der Waals surface area contributed by atoms with Crippen LogP contribution in [0.15, 0.2) is 53.5 Å². The van der Waals surface area contributed by atoms with Gasteiger partial charge in [-0.2, -0.15) is 0 Å². The van der Waals surface area contributed by atoms with Crippen molar-refractivity contribution in [3.63, 3.8) is 0 Å². The van der Waals surface area contributed by atoms with Gasteiger partial charge in [-0.1, -0.05) is 161 Å². The van der Waals surface area contributed by atoms with Crippen LogP contribution in [0.25, 0.3) is 0 Å². The van der Waals surface area contributed by atoms with E-state index in [1.54, 1.807) is 0 Å². The number of nitrogens with zero attached hydrogens (tertiary/aromatic N) is 1. The monoisotopic (exact) mass is 576 g/mol. The van der Waals surface area contributed by atoms with Crippen molar-refractivity contribution in [2.45, 2.75) is 168 Å². The van der Waals surface area contributed by atoms with E-state index in [-0.39, 0.29) is 0 Å². The third-order valence-electron chi connectivity index (χ3n) is 8.51. The summed E-state index contributed by atoms with van der Waals surface area (Å²) in [4.78, 5) is 4.68. The highest BCUT2D eigenvalue weighted by Gasteiger charge is 1.99. The molecule has 0 aliphatic rings. The third kappa shape index (κ3) is 19.9. The summed E-state index contributed by atoms with van der Waals surface area (Å²) in [5.41, 5.74) is 3.56. The summed E-state index contributed by atoms with van der Waals surface area (Å²) in [7, 11) is 0. The van der Waals surface area contributed by atoms with Gasteiger partial charge in [-0.05, 0) is 66.8 Å². The Labute approximate surface area is 261 Å². The van der Waals surface area contributed by atoms with E-state index in [4.69, 9.17) is 4.74 Å². The van der Waals surface area contributed by atoms with Crippen molar-refractivity contribution in [2.75, 3.05) is 6.61 Å². The molecule has 236 valence electrons. The normalized spacial score (nSPS) is 11.5. The maximum atomic E-state index is 5.94. The van der Waals surface area contributed by atoms with Crippen LogP contribution in [-0.2, 0) is 6.42 Å². The molecule has 0 fully saturated rings. The molecule has 2 aromatic rings. The molecule has 0 unspecified atom stereocenters. The summed E-state index contributed by atoms with van der Waals surface area (Å²) < 4.78 is 5.94. The Bertz CT molecular complexity index is 870. The van der Waals surface area contributed by atoms with E-state index >= 15 is 0 Å². The fourth-order valence-corrected chi connectivity index (χ4v) is 5.67. The fraction of sp³-hybridized carbons (Fsp3) is 0.675. The van der Waals surface area contributed by atoms with E-state index in [1.807, 2.05) is 6.21 Å². The number of ether oxygens (including phenoxy) is 1. The molecule has 0 amide bonds. The Hall–Kier alpha value is -2.09. The predicted molar refractivity (Wildman–Crippen MR) is 187 cm³/mol. The molecule has 0 saturated carbocycles. The first-order valence-corrected chi connectivity index (χ1v) is 18.2. The Morgan fingerprint density at radius 2 is 0.905 bits per heavy atom. The van der Waals surface area contributed by atoms with Crippen molar-refractivity contribution in [3.8, 4) is 5.75 Å². The molecule has 0 aliphatic carbocycles. The number of benzene rings is 2. The minimum Gasteiger partial charge on any atom is -0.494 e. The van der Waals surface area contributed by atoms with Gasteiger partial charge in [-0.3, -0.25) is 4.99 Å². The van der Waals surface area contributed by atoms with Crippen LogP contribution >= 0.6 is 0 Å². The molecule has 0 saturated heterocycles. The quantitative estimate of drug-likeness (QED) is 0.0730. The molecule has 42 heavy (non-hydrogen) atoms. The number of aliphatic imine (C=N–C) groups is 1. The zero-order valence-corrected chi connectivity index (χ0v) is 27.7. The number of rotatable bonds is 28. The van der Waals surface area contributed by atoms with Crippen LogP contribution < -0.4 is 4.74 Å². The third-order valence-corrected chi connectivity index (χ3v) is 8.51. The first-order valence-electron chi connectivity index (χ1n) is 18.2. The van der Waals surface area contributed by atoms with E-state index in [1.165, 1.54) is 153 Å². The van der Waals surface area contributed by atoms with Crippen LogP contribution in [0.1, 0.15) is 173 Å². The van der Waals surface area contributed by atoms with Crippen molar-refractivity contribution in [1.29, 1.82) is 0 Å². The molecule has 0 radical (unpaired) electrons. The van der Waals surface area contributed by atoms with Gasteiger partial charge >= 0.3 is 0 Å². The van der Waals surface area contributed by atoms with Gasteiger partial charge in [0.2, 0.25) is 0 Å². The van der Waals surface area contributed by atoms with Gasteiger partial charge in [0, 0.05) is 6.21 Å². The van der Waals surface area contributed by atoms with Crippen molar-refractivity contribution in [3.05, 3.63) is 59.7 Å². The minimum atomic E-state index is 0.814. The maximum absolute atomic E-state index is 5.94. The highest BCUT2D eigenvalue weighted by molar-refractivity contribution is 5.82. The Morgan fingerprint density at radius 3 is 1.38 bits per heavy atom. The van der Waals surface area contributed by atoms with Gasteiger partial charge in [0.15, 0.2) is 0 Å². The Morgan fingerprint density at radius 1 is 0.476 bits per heavy atom. The van der Waals surface area contributed by atoms with E-state index in [0.29, 0.717) is 0 Å². The molecule has 0 aromatic heterocycles. The highest BCUT2D eigenvalue weighted by atomic mass is 16.5. The molecule has 2 nitrogen and oxygen atoms in total. The summed E-state index contributed by atoms with van der Waals surface area (Å²) in [6.07, 6.45) is 35.0. The van der Waals surface area contributed by atoms with Crippen molar-refractivity contribution >= 4 is 11.9 Å². The molecular formula is C40H65NO. The summed E-state index contributed by atoms with van der Waals surface area (Å²) in [6, 6.07) is 17.1. The second kappa shape index (κ2) is 26.5. The van der Waals surface area contributed by atoms with Gasteiger partial charge in [0.25, 0.3) is 0 Å². The van der Waals surface area contributed by atoms with E-state index in [9.17, 15) is 0 Å². The molecule has 0 N–H and O–H groups in total. The van der Waals surface area contributed by atoms with Crippen molar-refractivity contribution < 1.29 is 4.74 Å². The van der Waals surface area contributed by atoms with Crippen LogP contribution in [0, 0.1) is 0 Å². The molecule has 0 bridgehead atoms. The lowest BCUT2D eigenvalue weighted by molar-refractivity contribution is 0.304. The van der Waals surface area contributed by atoms with Crippen LogP contribution in [0.4, 0.5) is 5.69 Å². The van der Waals surface area contributed by atoms with Gasteiger partial charge in [0.1, 0.15) is 5.75 Å².